The molecule has 1 aliphatic carbocycles. The van der Waals surface area contributed by atoms with Crippen LogP contribution in [0.3, 0.4) is 0 Å². The van der Waals surface area contributed by atoms with E-state index >= 15 is 0 Å². The van der Waals surface area contributed by atoms with Gasteiger partial charge < -0.3 is 4.57 Å². The van der Waals surface area contributed by atoms with Crippen LogP contribution in [0.5, 0.6) is 0 Å². The van der Waals surface area contributed by atoms with Crippen LogP contribution < -0.4 is 0 Å². The third-order valence-corrected chi connectivity index (χ3v) is 7.82. The van der Waals surface area contributed by atoms with Crippen molar-refractivity contribution in [2.45, 2.75) is 56.5 Å². The van der Waals surface area contributed by atoms with Gasteiger partial charge >= 0.3 is 0 Å². The molecule has 148 valence electrons. The third-order valence-electron chi connectivity index (χ3n) is 5.89. The van der Waals surface area contributed by atoms with Gasteiger partial charge in [-0.15, -0.1) is 0 Å². The van der Waals surface area contributed by atoms with Crippen molar-refractivity contribution in [1.29, 1.82) is 0 Å². The second-order valence-corrected chi connectivity index (χ2v) is 9.74. The van der Waals surface area contributed by atoms with Gasteiger partial charge in [-0.25, -0.2) is 13.4 Å². The molecule has 0 amide bonds. The van der Waals surface area contributed by atoms with Gasteiger partial charge in [0.2, 0.25) is 10.0 Å². The molecule has 0 bridgehead atoms. The molecule has 4 rings (SSSR count). The minimum Gasteiger partial charge on any atom is -0.326 e. The van der Waals surface area contributed by atoms with E-state index in [1.165, 1.54) is 6.42 Å². The molecular formula is C22H27N3O2S. The van der Waals surface area contributed by atoms with Gasteiger partial charge in [0.15, 0.2) is 0 Å². The zero-order valence-corrected chi connectivity index (χ0v) is 17.3. The first-order valence-electron chi connectivity index (χ1n) is 9.94. The Morgan fingerprint density at radius 2 is 1.82 bits per heavy atom. The number of aromatic nitrogens is 2. The molecule has 1 saturated carbocycles. The average molecular weight is 398 g/mol. The van der Waals surface area contributed by atoms with Crippen LogP contribution in [0, 0.1) is 6.92 Å². The molecule has 0 spiro atoms. The number of benzene rings is 1. The lowest BCUT2D eigenvalue weighted by atomic mass is 9.96. The summed E-state index contributed by atoms with van der Waals surface area (Å²) in [5, 5.41) is 1.12. The summed E-state index contributed by atoms with van der Waals surface area (Å²) in [6.07, 6.45) is 7.15. The predicted molar refractivity (Wildman–Crippen MR) is 112 cm³/mol. The first kappa shape index (κ1) is 19.2. The SMILES string of the molecule is Cc1cc2cccnc2n1Cc1ccc(S(=O)(=O)N(C)C2CCCCC2)cc1. The summed E-state index contributed by atoms with van der Waals surface area (Å²) in [7, 11) is -1.72. The zero-order valence-electron chi connectivity index (χ0n) is 16.5. The smallest absolute Gasteiger partial charge is 0.243 e. The minimum atomic E-state index is -3.45. The van der Waals surface area contributed by atoms with Gasteiger partial charge in [-0.1, -0.05) is 31.4 Å². The van der Waals surface area contributed by atoms with Crippen molar-refractivity contribution in [2.24, 2.45) is 0 Å². The largest absolute Gasteiger partial charge is 0.326 e. The lowest BCUT2D eigenvalue weighted by Crippen LogP contribution is -2.38. The van der Waals surface area contributed by atoms with E-state index in [2.05, 4.69) is 28.6 Å². The fourth-order valence-corrected chi connectivity index (χ4v) is 5.59. The van der Waals surface area contributed by atoms with E-state index in [1.54, 1.807) is 29.7 Å². The van der Waals surface area contributed by atoms with Gasteiger partial charge in [-0.2, -0.15) is 4.31 Å². The van der Waals surface area contributed by atoms with Crippen molar-refractivity contribution < 1.29 is 8.42 Å². The molecular weight excluding hydrogens is 370 g/mol. The number of sulfonamides is 1. The fraction of sp³-hybridized carbons (Fsp3) is 0.409. The van der Waals surface area contributed by atoms with Crippen LogP contribution in [-0.2, 0) is 16.6 Å². The highest BCUT2D eigenvalue weighted by atomic mass is 32.2. The normalized spacial score (nSPS) is 16.1. The summed E-state index contributed by atoms with van der Waals surface area (Å²) < 4.78 is 29.7. The van der Waals surface area contributed by atoms with Crippen molar-refractivity contribution in [3.63, 3.8) is 0 Å². The van der Waals surface area contributed by atoms with Gasteiger partial charge in [0.05, 0.1) is 4.90 Å². The van der Waals surface area contributed by atoms with Crippen LogP contribution >= 0.6 is 0 Å². The van der Waals surface area contributed by atoms with Crippen molar-refractivity contribution in [3.05, 3.63) is 59.9 Å². The molecule has 0 saturated heterocycles. The Balaban J connectivity index is 1.55. The number of hydrogen-bond acceptors (Lipinski definition) is 3. The quantitative estimate of drug-likeness (QED) is 0.643. The Morgan fingerprint density at radius 3 is 2.54 bits per heavy atom. The van der Waals surface area contributed by atoms with E-state index in [1.807, 2.05) is 18.2 Å². The number of aryl methyl sites for hydroxylation is 1. The fourth-order valence-electron chi connectivity index (χ4n) is 4.17. The number of nitrogens with zero attached hydrogens (tertiary/aromatic N) is 3. The third kappa shape index (κ3) is 3.59. The Bertz CT molecular complexity index is 1060. The first-order chi connectivity index (χ1) is 13.5. The maximum absolute atomic E-state index is 13.0. The van der Waals surface area contributed by atoms with Crippen LogP contribution in [0.2, 0.25) is 0 Å². The van der Waals surface area contributed by atoms with Crippen LogP contribution in [-0.4, -0.2) is 35.4 Å². The molecule has 3 aromatic rings. The standard InChI is InChI=1S/C22H27N3O2S/c1-17-15-19-7-6-14-23-22(19)25(17)16-18-10-12-21(13-11-18)28(26,27)24(2)20-8-4-3-5-9-20/h6-7,10-15,20H,3-5,8-9,16H2,1-2H3. The molecule has 1 aliphatic rings. The summed E-state index contributed by atoms with van der Waals surface area (Å²) >= 11 is 0. The maximum Gasteiger partial charge on any atom is 0.243 e. The van der Waals surface area contributed by atoms with E-state index in [0.717, 1.165) is 48.0 Å². The molecule has 2 heterocycles. The summed E-state index contributed by atoms with van der Waals surface area (Å²) in [4.78, 5) is 4.86. The minimum absolute atomic E-state index is 0.124. The van der Waals surface area contributed by atoms with Gasteiger partial charge in [0.1, 0.15) is 5.65 Å². The number of rotatable bonds is 5. The molecule has 0 radical (unpaired) electrons. The highest BCUT2D eigenvalue weighted by Crippen LogP contribution is 2.27. The first-order valence-corrected chi connectivity index (χ1v) is 11.4. The average Bonchev–Trinajstić information content (AvgIpc) is 3.04. The Labute approximate surface area is 167 Å². The summed E-state index contributed by atoms with van der Waals surface area (Å²) in [5.41, 5.74) is 3.15. The van der Waals surface area contributed by atoms with Crippen LogP contribution in [0.15, 0.2) is 53.6 Å². The van der Waals surface area contributed by atoms with E-state index < -0.39 is 10.0 Å². The monoisotopic (exact) mass is 397 g/mol. The van der Waals surface area contributed by atoms with E-state index in [9.17, 15) is 8.42 Å². The highest BCUT2D eigenvalue weighted by molar-refractivity contribution is 7.89. The van der Waals surface area contributed by atoms with Crippen molar-refractivity contribution >= 4 is 21.1 Å². The molecule has 0 aliphatic heterocycles. The summed E-state index contributed by atoms with van der Waals surface area (Å²) in [6, 6.07) is 13.5. The Hall–Kier alpha value is -2.18. The van der Waals surface area contributed by atoms with Crippen LogP contribution in [0.4, 0.5) is 0 Å². The van der Waals surface area contributed by atoms with Gasteiger partial charge in [0.25, 0.3) is 0 Å². The molecule has 2 aromatic heterocycles. The van der Waals surface area contributed by atoms with Crippen LogP contribution in [0.1, 0.15) is 43.4 Å². The van der Waals surface area contributed by atoms with Crippen molar-refractivity contribution in [2.75, 3.05) is 7.05 Å². The van der Waals surface area contributed by atoms with E-state index in [0.29, 0.717) is 11.4 Å². The lowest BCUT2D eigenvalue weighted by molar-refractivity contribution is 0.286. The Morgan fingerprint density at radius 1 is 1.11 bits per heavy atom. The molecule has 0 atom stereocenters. The molecule has 0 N–H and O–H groups in total. The summed E-state index contributed by atoms with van der Waals surface area (Å²) in [5.74, 6) is 0. The lowest BCUT2D eigenvalue weighted by Gasteiger charge is -2.30. The van der Waals surface area contributed by atoms with Crippen molar-refractivity contribution in [3.8, 4) is 0 Å². The second kappa shape index (κ2) is 7.68. The maximum atomic E-state index is 13.0. The topological polar surface area (TPSA) is 55.2 Å². The van der Waals surface area contributed by atoms with Crippen LogP contribution in [0.25, 0.3) is 11.0 Å². The molecule has 28 heavy (non-hydrogen) atoms. The molecule has 6 heteroatoms. The van der Waals surface area contributed by atoms with Gasteiger partial charge in [0, 0.05) is 36.9 Å². The highest BCUT2D eigenvalue weighted by Gasteiger charge is 2.28. The number of hydrogen-bond donors (Lipinski definition) is 0. The molecule has 1 aromatic carbocycles. The summed E-state index contributed by atoms with van der Waals surface area (Å²) in [6.45, 7) is 2.74. The van der Waals surface area contributed by atoms with Gasteiger partial charge in [-0.05, 0) is 55.7 Å². The molecule has 1 fully saturated rings. The number of fused-ring (bicyclic) bond motifs is 1. The number of pyridine rings is 1. The van der Waals surface area contributed by atoms with E-state index in [4.69, 9.17) is 0 Å². The van der Waals surface area contributed by atoms with Crippen molar-refractivity contribution in [1.82, 2.24) is 13.9 Å². The Kier molecular flexibility index (Phi) is 5.25. The van der Waals surface area contributed by atoms with Gasteiger partial charge in [-0.3, -0.25) is 0 Å². The second-order valence-electron chi connectivity index (χ2n) is 7.75. The predicted octanol–water partition coefficient (Wildman–Crippen LogP) is 4.35. The zero-order chi connectivity index (χ0) is 19.7. The molecule has 0 unspecified atom stereocenters. The molecule has 5 nitrogen and oxygen atoms in total. The van der Waals surface area contributed by atoms with E-state index in [-0.39, 0.29) is 6.04 Å².